The molecular weight excluding hydrogens is 476 g/mol. The number of aliphatic imine (C=N–C) groups is 1. The number of hydrogen-bond acceptors (Lipinski definition) is 6. The molecule has 3 heterocycles. The number of nitrogens with two attached hydrogens (primary N) is 3. The summed E-state index contributed by atoms with van der Waals surface area (Å²) in [5.74, 6) is -0.262. The fraction of sp³-hybridized carbons (Fsp3) is 0.231. The Morgan fingerprint density at radius 3 is 2.69 bits per heavy atom. The van der Waals surface area contributed by atoms with E-state index in [0.29, 0.717) is 22.1 Å². The lowest BCUT2D eigenvalue weighted by Gasteiger charge is -2.18. The highest BCUT2D eigenvalue weighted by molar-refractivity contribution is 6.33. The highest BCUT2D eigenvalue weighted by atomic mass is 35.5. The lowest BCUT2D eigenvalue weighted by molar-refractivity contribution is 0.0995. The topological polar surface area (TPSA) is 150 Å². The minimum atomic E-state index is -0.562. The van der Waals surface area contributed by atoms with E-state index < -0.39 is 5.91 Å². The second-order valence-electron chi connectivity index (χ2n) is 9.10. The van der Waals surface area contributed by atoms with Crippen molar-refractivity contribution in [3.8, 4) is 11.1 Å². The molecule has 0 bridgehead atoms. The molecule has 1 aliphatic carbocycles. The van der Waals surface area contributed by atoms with Gasteiger partial charge in [0, 0.05) is 35.6 Å². The number of pyridine rings is 1. The maximum atomic E-state index is 11.5. The van der Waals surface area contributed by atoms with Crippen molar-refractivity contribution in [1.29, 1.82) is 0 Å². The molecule has 1 aromatic carbocycles. The van der Waals surface area contributed by atoms with Crippen LogP contribution in [0.5, 0.6) is 0 Å². The summed E-state index contributed by atoms with van der Waals surface area (Å²) in [6, 6.07) is 11.4. The SMILES string of the molecule is Cc1cc(C(N)=O)ncc1-c1cc2c(N[C@@H]3CC[C@H](N)C3)c(C(N)=Nc3ccccc3Cl)cnn2c1. The number of halogens is 1. The van der Waals surface area contributed by atoms with E-state index in [1.54, 1.807) is 29.0 Å². The Balaban J connectivity index is 1.62. The lowest BCUT2D eigenvalue weighted by atomic mass is 10.0. The summed E-state index contributed by atoms with van der Waals surface area (Å²) in [7, 11) is 0. The molecule has 10 heteroatoms. The van der Waals surface area contributed by atoms with E-state index in [9.17, 15) is 4.79 Å². The number of para-hydroxylation sites is 1. The molecule has 0 aliphatic heterocycles. The van der Waals surface area contributed by atoms with Gasteiger partial charge in [0.05, 0.1) is 33.7 Å². The normalized spacial score (nSPS) is 18.0. The molecular formula is C26H27ClN8O. The molecule has 9 nitrogen and oxygen atoms in total. The highest BCUT2D eigenvalue weighted by Gasteiger charge is 2.24. The molecule has 184 valence electrons. The summed E-state index contributed by atoms with van der Waals surface area (Å²) in [4.78, 5) is 20.3. The van der Waals surface area contributed by atoms with Gasteiger partial charge in [-0.1, -0.05) is 23.7 Å². The zero-order chi connectivity index (χ0) is 25.4. The molecule has 7 N–H and O–H groups in total. The number of aromatic nitrogens is 3. The van der Waals surface area contributed by atoms with Gasteiger partial charge >= 0.3 is 0 Å². The van der Waals surface area contributed by atoms with Gasteiger partial charge < -0.3 is 22.5 Å². The molecule has 3 aromatic heterocycles. The Morgan fingerprint density at radius 2 is 2.00 bits per heavy atom. The largest absolute Gasteiger partial charge is 0.383 e. The predicted molar refractivity (Wildman–Crippen MR) is 143 cm³/mol. The van der Waals surface area contributed by atoms with Crippen LogP contribution in [0.3, 0.4) is 0 Å². The standard InChI is InChI=1S/C26H27ClN8O/c1-14-8-22(26(30)36)31-11-18(14)15-9-23-24(33-17-7-6-16(28)10-17)19(12-32-35(23)13-15)25(29)34-21-5-3-2-4-20(21)27/h2-5,8-9,11-13,16-17,33H,6-7,10,28H2,1H3,(H2,29,34)(H2,30,36)/t16-,17+/m0/s1. The minimum absolute atomic E-state index is 0.165. The number of carbonyl (C=O) groups excluding carboxylic acids is 1. The number of aryl methyl sites for hydroxylation is 1. The van der Waals surface area contributed by atoms with Crippen LogP contribution in [0.1, 0.15) is 40.9 Å². The summed E-state index contributed by atoms with van der Waals surface area (Å²) in [5.41, 5.74) is 23.8. The quantitative estimate of drug-likeness (QED) is 0.233. The van der Waals surface area contributed by atoms with Gasteiger partial charge in [0.15, 0.2) is 0 Å². The molecule has 4 aromatic rings. The van der Waals surface area contributed by atoms with Gasteiger partial charge in [-0.15, -0.1) is 0 Å². The molecule has 2 atom stereocenters. The van der Waals surface area contributed by atoms with Crippen LogP contribution >= 0.6 is 11.6 Å². The van der Waals surface area contributed by atoms with E-state index in [4.69, 9.17) is 28.8 Å². The van der Waals surface area contributed by atoms with Crippen LogP contribution in [0.25, 0.3) is 16.6 Å². The number of amidine groups is 1. The molecule has 0 spiro atoms. The van der Waals surface area contributed by atoms with Crippen molar-refractivity contribution in [2.75, 3.05) is 5.32 Å². The van der Waals surface area contributed by atoms with Crippen LogP contribution in [0.15, 0.2) is 60.0 Å². The maximum absolute atomic E-state index is 11.5. The second kappa shape index (κ2) is 9.60. The summed E-state index contributed by atoms with van der Waals surface area (Å²) in [6.45, 7) is 1.91. The predicted octanol–water partition coefficient (Wildman–Crippen LogP) is 3.79. The van der Waals surface area contributed by atoms with Gasteiger partial charge in [0.25, 0.3) is 5.91 Å². The summed E-state index contributed by atoms with van der Waals surface area (Å²) in [6.07, 6.45) is 8.05. The van der Waals surface area contributed by atoms with Crippen LogP contribution < -0.4 is 22.5 Å². The Hall–Kier alpha value is -3.95. The first kappa shape index (κ1) is 23.8. The smallest absolute Gasteiger partial charge is 0.267 e. The molecule has 36 heavy (non-hydrogen) atoms. The van der Waals surface area contributed by atoms with Crippen molar-refractivity contribution in [3.63, 3.8) is 0 Å². The zero-order valence-electron chi connectivity index (χ0n) is 19.8. The monoisotopic (exact) mass is 502 g/mol. The molecule has 1 fully saturated rings. The summed E-state index contributed by atoms with van der Waals surface area (Å²) < 4.78 is 1.79. The third kappa shape index (κ3) is 4.62. The van der Waals surface area contributed by atoms with Crippen LogP contribution in [-0.2, 0) is 0 Å². The van der Waals surface area contributed by atoms with Crippen LogP contribution in [0.2, 0.25) is 5.02 Å². The number of benzene rings is 1. The van der Waals surface area contributed by atoms with E-state index in [-0.39, 0.29) is 17.8 Å². The Bertz CT molecular complexity index is 1490. The summed E-state index contributed by atoms with van der Waals surface area (Å²) >= 11 is 6.31. The summed E-state index contributed by atoms with van der Waals surface area (Å²) in [5, 5.41) is 8.77. The zero-order valence-corrected chi connectivity index (χ0v) is 20.5. The fourth-order valence-corrected chi connectivity index (χ4v) is 4.80. The van der Waals surface area contributed by atoms with Crippen molar-refractivity contribution in [2.24, 2.45) is 22.2 Å². The fourth-order valence-electron chi connectivity index (χ4n) is 4.63. The number of primary amides is 1. The number of carbonyl (C=O) groups is 1. The van der Waals surface area contributed by atoms with E-state index in [1.165, 1.54) is 0 Å². The second-order valence-corrected chi connectivity index (χ2v) is 9.51. The van der Waals surface area contributed by atoms with Crippen molar-refractivity contribution in [2.45, 2.75) is 38.3 Å². The van der Waals surface area contributed by atoms with E-state index in [0.717, 1.165) is 47.2 Å². The Morgan fingerprint density at radius 1 is 1.19 bits per heavy atom. The number of rotatable bonds is 6. The molecule has 0 saturated heterocycles. The number of nitrogens with zero attached hydrogens (tertiary/aromatic N) is 4. The van der Waals surface area contributed by atoms with Crippen molar-refractivity contribution < 1.29 is 4.79 Å². The average molecular weight is 503 g/mol. The van der Waals surface area contributed by atoms with Crippen LogP contribution in [0.4, 0.5) is 11.4 Å². The number of anilines is 1. The van der Waals surface area contributed by atoms with E-state index >= 15 is 0 Å². The number of fused-ring (bicyclic) bond motifs is 1. The number of hydrogen-bond donors (Lipinski definition) is 4. The third-order valence-corrected chi connectivity index (χ3v) is 6.82. The molecule has 0 unspecified atom stereocenters. The third-order valence-electron chi connectivity index (χ3n) is 6.50. The van der Waals surface area contributed by atoms with Gasteiger partial charge in [-0.3, -0.25) is 9.78 Å². The number of amides is 1. The first-order chi connectivity index (χ1) is 17.3. The van der Waals surface area contributed by atoms with Gasteiger partial charge in [-0.25, -0.2) is 9.51 Å². The molecule has 1 saturated carbocycles. The van der Waals surface area contributed by atoms with Crippen molar-refractivity contribution in [3.05, 3.63) is 76.8 Å². The lowest BCUT2D eigenvalue weighted by Crippen LogP contribution is -2.24. The maximum Gasteiger partial charge on any atom is 0.267 e. The minimum Gasteiger partial charge on any atom is -0.383 e. The molecule has 1 aliphatic rings. The van der Waals surface area contributed by atoms with Gasteiger partial charge in [-0.2, -0.15) is 5.10 Å². The van der Waals surface area contributed by atoms with E-state index in [2.05, 4.69) is 20.4 Å². The highest BCUT2D eigenvalue weighted by Crippen LogP contribution is 2.33. The van der Waals surface area contributed by atoms with E-state index in [1.807, 2.05) is 37.4 Å². The van der Waals surface area contributed by atoms with Gasteiger partial charge in [-0.05, 0) is 56.0 Å². The molecule has 0 radical (unpaired) electrons. The first-order valence-corrected chi connectivity index (χ1v) is 12.1. The Kier molecular flexibility index (Phi) is 6.34. The van der Waals surface area contributed by atoms with Crippen LogP contribution in [0, 0.1) is 6.92 Å². The van der Waals surface area contributed by atoms with Crippen molar-refractivity contribution >= 4 is 40.2 Å². The van der Waals surface area contributed by atoms with Crippen LogP contribution in [-0.4, -0.2) is 38.4 Å². The average Bonchev–Trinajstić information content (AvgIpc) is 3.46. The molecule has 1 amide bonds. The first-order valence-electron chi connectivity index (χ1n) is 11.7. The Labute approximate surface area is 213 Å². The molecule has 5 rings (SSSR count). The van der Waals surface area contributed by atoms with Crippen molar-refractivity contribution in [1.82, 2.24) is 14.6 Å². The van der Waals surface area contributed by atoms with Gasteiger partial charge in [0.2, 0.25) is 0 Å². The van der Waals surface area contributed by atoms with Gasteiger partial charge in [0.1, 0.15) is 11.5 Å². The number of nitrogens with one attached hydrogen (secondary N) is 1.